The molecular formula is C31H32F3N5O8. The highest BCUT2D eigenvalue weighted by molar-refractivity contribution is 5.96. The van der Waals surface area contributed by atoms with Crippen molar-refractivity contribution >= 4 is 29.7 Å². The number of carboxylic acid groups (broad SMARTS) is 1. The molecule has 1 fully saturated rings. The van der Waals surface area contributed by atoms with Crippen LogP contribution in [0.3, 0.4) is 0 Å². The molecule has 0 unspecified atom stereocenters. The van der Waals surface area contributed by atoms with Crippen LogP contribution in [-0.2, 0) is 36.7 Å². The number of Topliss-reactive ketones (excluding diaryl/α,β-unsaturated/α-hetero) is 1. The average Bonchev–Trinajstić information content (AvgIpc) is 3.71. The third kappa shape index (κ3) is 9.31. The van der Waals surface area contributed by atoms with Crippen LogP contribution >= 0.6 is 0 Å². The quantitative estimate of drug-likeness (QED) is 0.250. The van der Waals surface area contributed by atoms with Crippen LogP contribution < -0.4 is 15.4 Å². The fraction of sp³-hybridized carbons (Fsp3) is 0.355. The van der Waals surface area contributed by atoms with Gasteiger partial charge in [0.1, 0.15) is 24.7 Å². The van der Waals surface area contributed by atoms with Gasteiger partial charge in [-0.3, -0.25) is 24.1 Å². The van der Waals surface area contributed by atoms with Crippen LogP contribution in [0.15, 0.2) is 66.7 Å². The maximum atomic E-state index is 13.4. The second kappa shape index (κ2) is 15.2. The van der Waals surface area contributed by atoms with E-state index in [2.05, 4.69) is 15.7 Å². The molecule has 2 aromatic carbocycles. The molecule has 0 spiro atoms. The molecule has 250 valence electrons. The molecule has 0 bridgehead atoms. The maximum Gasteiger partial charge on any atom is 0.435 e. The molecule has 1 aromatic heterocycles. The Labute approximate surface area is 266 Å². The van der Waals surface area contributed by atoms with E-state index in [1.807, 2.05) is 6.07 Å². The van der Waals surface area contributed by atoms with Gasteiger partial charge in [-0.15, -0.1) is 0 Å². The zero-order valence-electron chi connectivity index (χ0n) is 25.1. The molecule has 3 aromatic rings. The molecule has 2 heterocycles. The Morgan fingerprint density at radius 2 is 1.68 bits per heavy atom. The molecule has 1 saturated heterocycles. The van der Waals surface area contributed by atoms with Gasteiger partial charge >= 0.3 is 18.2 Å². The van der Waals surface area contributed by atoms with Crippen molar-refractivity contribution in [3.05, 3.63) is 78.0 Å². The highest BCUT2D eigenvalue weighted by Crippen LogP contribution is 2.32. The first kappa shape index (κ1) is 34.5. The number of ketones is 1. The minimum atomic E-state index is -4.82. The fourth-order valence-electron chi connectivity index (χ4n) is 4.76. The molecule has 13 nitrogen and oxygen atoms in total. The van der Waals surface area contributed by atoms with E-state index >= 15 is 0 Å². The lowest BCUT2D eigenvalue weighted by Crippen LogP contribution is -2.55. The number of carbonyl (C=O) groups excluding carboxylic acids is 4. The monoisotopic (exact) mass is 659 g/mol. The largest absolute Gasteiger partial charge is 0.481 e. The molecule has 0 saturated carbocycles. The third-order valence-electron chi connectivity index (χ3n) is 7.16. The number of aromatic nitrogens is 2. The number of amides is 3. The van der Waals surface area contributed by atoms with Crippen LogP contribution in [0.25, 0.3) is 5.69 Å². The zero-order valence-corrected chi connectivity index (χ0v) is 25.1. The van der Waals surface area contributed by atoms with E-state index in [4.69, 9.17) is 9.47 Å². The zero-order chi connectivity index (χ0) is 34.1. The first-order valence-electron chi connectivity index (χ1n) is 14.5. The third-order valence-corrected chi connectivity index (χ3v) is 7.16. The number of nitrogens with one attached hydrogen (secondary N) is 2. The fourth-order valence-corrected chi connectivity index (χ4v) is 4.76. The summed E-state index contributed by atoms with van der Waals surface area (Å²) in [6, 6.07) is 13.4. The number of para-hydroxylation sites is 1. The van der Waals surface area contributed by atoms with Gasteiger partial charge in [0.05, 0.1) is 12.1 Å². The molecule has 1 aliphatic rings. The molecular weight excluding hydrogens is 627 g/mol. The number of ether oxygens (including phenoxy) is 2. The number of nitrogens with zero attached hydrogens (tertiary/aromatic N) is 3. The highest BCUT2D eigenvalue weighted by Gasteiger charge is 2.38. The summed E-state index contributed by atoms with van der Waals surface area (Å²) in [7, 11) is 0. The summed E-state index contributed by atoms with van der Waals surface area (Å²) < 4.78 is 51.6. The van der Waals surface area contributed by atoms with Crippen molar-refractivity contribution in [2.75, 3.05) is 13.2 Å². The molecule has 0 aliphatic carbocycles. The van der Waals surface area contributed by atoms with Crippen molar-refractivity contribution < 1.29 is 51.7 Å². The van der Waals surface area contributed by atoms with E-state index < -0.39 is 78.6 Å². The maximum absolute atomic E-state index is 13.4. The van der Waals surface area contributed by atoms with Gasteiger partial charge in [-0.05, 0) is 37.5 Å². The van der Waals surface area contributed by atoms with Gasteiger partial charge in [-0.2, -0.15) is 18.3 Å². The van der Waals surface area contributed by atoms with E-state index in [9.17, 15) is 42.3 Å². The Bertz CT molecular complexity index is 1580. The van der Waals surface area contributed by atoms with Gasteiger partial charge in [0.2, 0.25) is 17.7 Å². The predicted molar refractivity (Wildman–Crippen MR) is 157 cm³/mol. The molecule has 16 heteroatoms. The number of benzene rings is 2. The highest BCUT2D eigenvalue weighted by atomic mass is 19.4. The van der Waals surface area contributed by atoms with Gasteiger partial charge in [0.15, 0.2) is 18.1 Å². The minimum absolute atomic E-state index is 0.00408. The number of aliphatic carboxylic acids is 1. The summed E-state index contributed by atoms with van der Waals surface area (Å²) in [5.74, 6) is -4.42. The number of rotatable bonds is 13. The normalized spacial score (nSPS) is 15.7. The second-order valence-electron chi connectivity index (χ2n) is 10.6. The van der Waals surface area contributed by atoms with E-state index in [1.165, 1.54) is 24.0 Å². The molecule has 3 atom stereocenters. The predicted octanol–water partition coefficient (Wildman–Crippen LogP) is 3.10. The molecule has 1 aliphatic heterocycles. The van der Waals surface area contributed by atoms with Crippen LogP contribution in [0.4, 0.5) is 18.0 Å². The second-order valence-corrected chi connectivity index (χ2v) is 10.6. The summed E-state index contributed by atoms with van der Waals surface area (Å²) in [5, 5.41) is 17.6. The van der Waals surface area contributed by atoms with Crippen molar-refractivity contribution in [3.8, 4) is 11.6 Å². The lowest BCUT2D eigenvalue weighted by atomic mass is 10.1. The van der Waals surface area contributed by atoms with Crippen LogP contribution in [0.1, 0.15) is 37.4 Å². The van der Waals surface area contributed by atoms with Crippen molar-refractivity contribution in [2.45, 2.75) is 57.1 Å². The number of carboxylic acids is 1. The van der Waals surface area contributed by atoms with Gasteiger partial charge in [0, 0.05) is 12.6 Å². The molecule has 3 N–H and O–H groups in total. The standard InChI is InChI=1S/C31H32F3N5O8/c1-19(35-29(44)23-13-8-14-38(23)30(45)47-17-20-9-4-2-5-10-20)28(43)36-22(15-27(41)42)24(40)18-46-26-16-25(31(32,33)34)37-39(26)21-11-6-3-7-12-21/h2-7,9-12,16,19,22-23H,8,13-15,17-18H2,1H3,(H,35,44)(H,36,43)(H,41,42)/t19-,22-,23-/m0/s1. The Morgan fingerprint density at radius 3 is 2.32 bits per heavy atom. The lowest BCUT2D eigenvalue weighted by Gasteiger charge is -2.25. The molecule has 3 amide bonds. The van der Waals surface area contributed by atoms with Crippen molar-refractivity contribution in [3.63, 3.8) is 0 Å². The first-order valence-corrected chi connectivity index (χ1v) is 14.5. The molecule has 4 rings (SSSR count). The van der Waals surface area contributed by atoms with Crippen LogP contribution in [-0.4, -0.2) is 80.7 Å². The van der Waals surface area contributed by atoms with Gasteiger partial charge in [-0.25, -0.2) is 9.48 Å². The molecule has 47 heavy (non-hydrogen) atoms. The van der Waals surface area contributed by atoms with Crippen molar-refractivity contribution in [2.24, 2.45) is 0 Å². The van der Waals surface area contributed by atoms with E-state index in [0.29, 0.717) is 18.9 Å². The number of alkyl halides is 3. The number of halogens is 3. The summed E-state index contributed by atoms with van der Waals surface area (Å²) in [6.45, 7) is 0.659. The summed E-state index contributed by atoms with van der Waals surface area (Å²) in [4.78, 5) is 64.3. The lowest BCUT2D eigenvalue weighted by molar-refractivity contribution is -0.142. The van der Waals surface area contributed by atoms with Gasteiger partial charge < -0.3 is 25.2 Å². The van der Waals surface area contributed by atoms with E-state index in [-0.39, 0.29) is 18.8 Å². The van der Waals surface area contributed by atoms with E-state index in [1.54, 1.807) is 42.5 Å². The van der Waals surface area contributed by atoms with Crippen molar-refractivity contribution in [1.82, 2.24) is 25.3 Å². The van der Waals surface area contributed by atoms with Crippen LogP contribution in [0.2, 0.25) is 0 Å². The Morgan fingerprint density at radius 1 is 1.02 bits per heavy atom. The number of hydrogen-bond acceptors (Lipinski definition) is 8. The number of likely N-dealkylation sites (tertiary alicyclic amines) is 1. The first-order chi connectivity index (χ1) is 22.3. The van der Waals surface area contributed by atoms with Gasteiger partial charge in [0.25, 0.3) is 0 Å². The van der Waals surface area contributed by atoms with Crippen LogP contribution in [0, 0.1) is 0 Å². The van der Waals surface area contributed by atoms with Crippen LogP contribution in [0.5, 0.6) is 5.88 Å². The Balaban J connectivity index is 1.36. The summed E-state index contributed by atoms with van der Waals surface area (Å²) in [5.41, 5.74) is -0.320. The minimum Gasteiger partial charge on any atom is -0.481 e. The molecule has 0 radical (unpaired) electrons. The average molecular weight is 660 g/mol. The number of carbonyl (C=O) groups is 5. The summed E-state index contributed by atoms with van der Waals surface area (Å²) >= 11 is 0. The van der Waals surface area contributed by atoms with Crippen molar-refractivity contribution in [1.29, 1.82) is 0 Å². The Hall–Kier alpha value is -5.41. The smallest absolute Gasteiger partial charge is 0.435 e. The number of hydrogen-bond donors (Lipinski definition) is 3. The SMILES string of the molecule is C[C@H](NC(=O)[C@@H]1CCCN1C(=O)OCc1ccccc1)C(=O)N[C@@H](CC(=O)O)C(=O)COc1cc(C(F)(F)F)nn1-c1ccccc1. The summed E-state index contributed by atoms with van der Waals surface area (Å²) in [6.07, 6.45) is -5.56. The van der Waals surface area contributed by atoms with Gasteiger partial charge in [-0.1, -0.05) is 48.5 Å². The topological polar surface area (TPSA) is 169 Å². The van der Waals surface area contributed by atoms with E-state index in [0.717, 1.165) is 10.2 Å². The Kier molecular flexibility index (Phi) is 11.2.